The molecule has 3 N–H and O–H groups in total. The SMILES string of the molecule is CN(C)CCc1c[nH]c2ccc(Cn3cncn3)cc12.Cc1ccc(C(N)=O)c(C)c1C. The first-order valence-corrected chi connectivity index (χ1v) is 10.7. The van der Waals surface area contributed by atoms with Crippen LogP contribution in [-0.4, -0.2) is 51.2 Å². The lowest BCUT2D eigenvalue weighted by molar-refractivity contribution is 0.0999. The minimum absolute atomic E-state index is 0.351. The third-order valence-corrected chi connectivity index (χ3v) is 5.79. The number of H-pyrrole nitrogens is 1. The highest BCUT2D eigenvalue weighted by molar-refractivity contribution is 5.94. The number of hydrogen-bond acceptors (Lipinski definition) is 4. The fourth-order valence-electron chi connectivity index (χ4n) is 3.60. The van der Waals surface area contributed by atoms with Gasteiger partial charge >= 0.3 is 0 Å². The summed E-state index contributed by atoms with van der Waals surface area (Å²) in [6.45, 7) is 7.75. The molecule has 0 saturated carbocycles. The first-order chi connectivity index (χ1) is 15.3. The van der Waals surface area contributed by atoms with Crippen LogP contribution in [0.2, 0.25) is 0 Å². The fourth-order valence-corrected chi connectivity index (χ4v) is 3.60. The maximum Gasteiger partial charge on any atom is 0.248 e. The number of aryl methyl sites for hydroxylation is 1. The van der Waals surface area contributed by atoms with Crippen LogP contribution < -0.4 is 5.73 Å². The number of nitrogens with one attached hydrogen (secondary N) is 1. The van der Waals surface area contributed by atoms with Gasteiger partial charge < -0.3 is 15.6 Å². The van der Waals surface area contributed by atoms with Crippen molar-refractivity contribution in [3.8, 4) is 0 Å². The Labute approximate surface area is 189 Å². The number of carbonyl (C=O) groups is 1. The smallest absolute Gasteiger partial charge is 0.248 e. The first-order valence-electron chi connectivity index (χ1n) is 10.7. The van der Waals surface area contributed by atoms with Crippen molar-refractivity contribution >= 4 is 16.8 Å². The molecular weight excluding hydrogens is 400 g/mol. The number of hydrogen-bond donors (Lipinski definition) is 2. The molecule has 0 aliphatic heterocycles. The molecule has 0 fully saturated rings. The monoisotopic (exact) mass is 432 g/mol. The van der Waals surface area contributed by atoms with Crippen LogP contribution in [0.15, 0.2) is 49.2 Å². The van der Waals surface area contributed by atoms with E-state index in [0.717, 1.165) is 30.6 Å². The third kappa shape index (κ3) is 5.62. The van der Waals surface area contributed by atoms with E-state index in [1.807, 2.05) is 31.5 Å². The van der Waals surface area contributed by atoms with Crippen LogP contribution in [0.4, 0.5) is 0 Å². The first kappa shape index (κ1) is 23.2. The van der Waals surface area contributed by atoms with Gasteiger partial charge in [0.05, 0.1) is 6.54 Å². The summed E-state index contributed by atoms with van der Waals surface area (Å²) in [5, 5.41) is 5.46. The number of primary amides is 1. The van der Waals surface area contributed by atoms with E-state index in [2.05, 4.69) is 58.5 Å². The second-order valence-electron chi connectivity index (χ2n) is 8.38. The molecule has 32 heavy (non-hydrogen) atoms. The molecule has 168 valence electrons. The summed E-state index contributed by atoms with van der Waals surface area (Å²) in [5.74, 6) is -0.351. The number of aromatic amines is 1. The zero-order valence-corrected chi connectivity index (χ0v) is 19.5. The second kappa shape index (κ2) is 10.2. The van der Waals surface area contributed by atoms with Crippen molar-refractivity contribution in [2.45, 2.75) is 33.7 Å². The maximum atomic E-state index is 10.9. The molecule has 4 aromatic rings. The Hall–Kier alpha value is -3.45. The number of carbonyl (C=O) groups excluding carboxylic acids is 1. The van der Waals surface area contributed by atoms with Gasteiger partial charge in [0, 0.05) is 29.2 Å². The fraction of sp³-hybridized carbons (Fsp3) is 0.320. The Balaban J connectivity index is 0.000000207. The predicted molar refractivity (Wildman–Crippen MR) is 129 cm³/mol. The predicted octanol–water partition coefficient (Wildman–Crippen LogP) is 3.62. The highest BCUT2D eigenvalue weighted by Crippen LogP contribution is 2.21. The molecule has 7 nitrogen and oxygen atoms in total. The number of nitrogens with two attached hydrogens (primary N) is 1. The van der Waals surface area contributed by atoms with Crippen LogP contribution in [0.1, 0.15) is 38.2 Å². The molecule has 1 amide bonds. The van der Waals surface area contributed by atoms with Crippen molar-refractivity contribution in [1.29, 1.82) is 0 Å². The van der Waals surface area contributed by atoms with E-state index < -0.39 is 0 Å². The Morgan fingerprint density at radius 3 is 2.56 bits per heavy atom. The number of aromatic nitrogens is 4. The minimum atomic E-state index is -0.351. The van der Waals surface area contributed by atoms with Crippen molar-refractivity contribution in [3.05, 3.63) is 82.6 Å². The zero-order valence-electron chi connectivity index (χ0n) is 19.5. The van der Waals surface area contributed by atoms with E-state index in [1.54, 1.807) is 18.7 Å². The molecular formula is C25H32N6O. The molecule has 0 unspecified atom stereocenters. The molecule has 0 atom stereocenters. The molecule has 7 heteroatoms. The average molecular weight is 433 g/mol. The molecule has 2 aromatic heterocycles. The van der Waals surface area contributed by atoms with E-state index in [0.29, 0.717) is 5.56 Å². The third-order valence-electron chi connectivity index (χ3n) is 5.79. The molecule has 2 heterocycles. The molecule has 0 radical (unpaired) electrons. The van der Waals surface area contributed by atoms with Gasteiger partial charge in [0.25, 0.3) is 0 Å². The Kier molecular flexibility index (Phi) is 7.43. The van der Waals surface area contributed by atoms with Crippen LogP contribution in [0, 0.1) is 20.8 Å². The quantitative estimate of drug-likeness (QED) is 0.487. The molecule has 0 aliphatic rings. The van der Waals surface area contributed by atoms with Crippen LogP contribution in [0.5, 0.6) is 0 Å². The van der Waals surface area contributed by atoms with Crippen LogP contribution >= 0.6 is 0 Å². The summed E-state index contributed by atoms with van der Waals surface area (Å²) in [5.41, 5.74) is 13.0. The maximum absolute atomic E-state index is 10.9. The molecule has 0 bridgehead atoms. The lowest BCUT2D eigenvalue weighted by Crippen LogP contribution is -2.14. The van der Waals surface area contributed by atoms with Crippen LogP contribution in [0.3, 0.4) is 0 Å². The summed E-state index contributed by atoms with van der Waals surface area (Å²) in [6, 6.07) is 10.2. The molecule has 4 rings (SSSR count). The largest absolute Gasteiger partial charge is 0.366 e. The second-order valence-corrected chi connectivity index (χ2v) is 8.38. The Morgan fingerprint density at radius 1 is 1.12 bits per heavy atom. The van der Waals surface area contributed by atoms with Crippen LogP contribution in [-0.2, 0) is 13.0 Å². The lowest BCUT2D eigenvalue weighted by atomic mass is 9.99. The van der Waals surface area contributed by atoms with E-state index in [1.165, 1.54) is 27.6 Å². The highest BCUT2D eigenvalue weighted by atomic mass is 16.1. The van der Waals surface area contributed by atoms with Gasteiger partial charge in [-0.1, -0.05) is 12.1 Å². The van der Waals surface area contributed by atoms with Gasteiger partial charge in [-0.3, -0.25) is 4.79 Å². The number of amides is 1. The number of rotatable bonds is 6. The lowest BCUT2D eigenvalue weighted by Gasteiger charge is -2.08. The Morgan fingerprint density at radius 2 is 1.91 bits per heavy atom. The van der Waals surface area contributed by atoms with E-state index in [4.69, 9.17) is 5.73 Å². The zero-order chi connectivity index (χ0) is 23.3. The van der Waals surface area contributed by atoms with Gasteiger partial charge in [-0.05, 0) is 87.3 Å². The average Bonchev–Trinajstić information content (AvgIpc) is 3.40. The highest BCUT2D eigenvalue weighted by Gasteiger charge is 2.07. The summed E-state index contributed by atoms with van der Waals surface area (Å²) >= 11 is 0. The van der Waals surface area contributed by atoms with Crippen molar-refractivity contribution < 1.29 is 4.79 Å². The van der Waals surface area contributed by atoms with Gasteiger partial charge in [-0.25, -0.2) is 9.67 Å². The van der Waals surface area contributed by atoms with Gasteiger partial charge in [0.1, 0.15) is 12.7 Å². The number of benzene rings is 2. The van der Waals surface area contributed by atoms with Gasteiger partial charge in [-0.2, -0.15) is 5.10 Å². The molecule has 0 saturated heterocycles. The molecule has 2 aromatic carbocycles. The summed E-state index contributed by atoms with van der Waals surface area (Å²) in [4.78, 5) is 20.4. The summed E-state index contributed by atoms with van der Waals surface area (Å²) < 4.78 is 1.84. The van der Waals surface area contributed by atoms with E-state index in [-0.39, 0.29) is 5.91 Å². The summed E-state index contributed by atoms with van der Waals surface area (Å²) in [7, 11) is 4.20. The van der Waals surface area contributed by atoms with Crippen molar-refractivity contribution in [3.63, 3.8) is 0 Å². The minimum Gasteiger partial charge on any atom is -0.366 e. The number of likely N-dealkylation sites (N-methyl/N-ethyl adjacent to an activating group) is 1. The number of nitrogens with zero attached hydrogens (tertiary/aromatic N) is 4. The van der Waals surface area contributed by atoms with Crippen molar-refractivity contribution in [2.24, 2.45) is 5.73 Å². The van der Waals surface area contributed by atoms with E-state index >= 15 is 0 Å². The standard InChI is InChI=1S/C15H19N5.C10H13NO/c1-19(2)6-5-13-8-17-15-4-3-12(7-14(13)15)9-20-11-16-10-18-20;1-6-4-5-9(10(11)12)8(3)7(6)2/h3-4,7-8,10-11,17H,5-6,9H2,1-2H3;4-5H,1-3H3,(H2,11,12). The van der Waals surface area contributed by atoms with Gasteiger partial charge in [0.2, 0.25) is 5.91 Å². The topological polar surface area (TPSA) is 92.8 Å². The van der Waals surface area contributed by atoms with Crippen molar-refractivity contribution in [2.75, 3.05) is 20.6 Å². The van der Waals surface area contributed by atoms with Crippen LogP contribution in [0.25, 0.3) is 10.9 Å². The van der Waals surface area contributed by atoms with Crippen molar-refractivity contribution in [1.82, 2.24) is 24.6 Å². The molecule has 0 spiro atoms. The normalized spacial score (nSPS) is 10.9. The van der Waals surface area contributed by atoms with E-state index in [9.17, 15) is 4.79 Å². The van der Waals surface area contributed by atoms with Gasteiger partial charge in [0.15, 0.2) is 0 Å². The number of fused-ring (bicyclic) bond motifs is 1. The Bertz CT molecular complexity index is 1190. The van der Waals surface area contributed by atoms with Gasteiger partial charge in [-0.15, -0.1) is 0 Å². The summed E-state index contributed by atoms with van der Waals surface area (Å²) in [6.07, 6.45) is 6.48. The molecule has 0 aliphatic carbocycles.